The minimum atomic E-state index is -0.301. The molecule has 0 saturated heterocycles. The number of nitrogens with zero attached hydrogens (tertiary/aromatic N) is 2. The summed E-state index contributed by atoms with van der Waals surface area (Å²) in [4.78, 5) is 28.3. The van der Waals surface area contributed by atoms with Crippen molar-refractivity contribution in [2.75, 3.05) is 20.1 Å². The summed E-state index contributed by atoms with van der Waals surface area (Å²) in [5.41, 5.74) is 1.48. The van der Waals surface area contributed by atoms with E-state index < -0.39 is 0 Å². The Labute approximate surface area is 152 Å². The number of benzene rings is 1. The zero-order valence-corrected chi connectivity index (χ0v) is 16.7. The zero-order valence-electron chi connectivity index (χ0n) is 16.7. The van der Waals surface area contributed by atoms with Crippen molar-refractivity contribution in [1.82, 2.24) is 15.1 Å². The maximum absolute atomic E-state index is 12.5. The fourth-order valence-electron chi connectivity index (χ4n) is 2.61. The predicted molar refractivity (Wildman–Crippen MR) is 103 cm³/mol. The van der Waals surface area contributed by atoms with Crippen molar-refractivity contribution in [2.24, 2.45) is 0 Å². The Hall–Kier alpha value is -1.88. The molecular weight excluding hydrogens is 314 g/mol. The van der Waals surface area contributed by atoms with Gasteiger partial charge in [0, 0.05) is 30.7 Å². The van der Waals surface area contributed by atoms with E-state index >= 15 is 0 Å². The number of likely N-dealkylation sites (N-methyl/N-ethyl adjacent to an activating group) is 1. The molecule has 140 valence electrons. The Balaban J connectivity index is 2.68. The quantitative estimate of drug-likeness (QED) is 0.825. The van der Waals surface area contributed by atoms with E-state index in [1.807, 2.05) is 45.0 Å². The zero-order chi connectivity index (χ0) is 19.2. The molecule has 2 amide bonds. The standard InChI is InChI=1S/C20H33N3O2/c1-8-23(15(2)3)13-16-9-11-17(12-10-16)19(25)22(7)14-18(24)21-20(4,5)6/h9-12,15H,8,13-14H2,1-7H3,(H,21,24). The molecule has 1 aromatic rings. The third-order valence-electron chi connectivity index (χ3n) is 3.96. The van der Waals surface area contributed by atoms with Crippen molar-refractivity contribution in [1.29, 1.82) is 0 Å². The first-order chi connectivity index (χ1) is 11.5. The minimum Gasteiger partial charge on any atom is -0.350 e. The number of carbonyl (C=O) groups is 2. The molecule has 0 aliphatic heterocycles. The third-order valence-corrected chi connectivity index (χ3v) is 3.96. The van der Waals surface area contributed by atoms with Crippen LogP contribution in [0.1, 0.15) is 57.5 Å². The Bertz CT molecular complexity index is 574. The van der Waals surface area contributed by atoms with Gasteiger partial charge >= 0.3 is 0 Å². The molecular formula is C20H33N3O2. The molecule has 0 unspecified atom stereocenters. The van der Waals surface area contributed by atoms with E-state index in [0.717, 1.165) is 13.1 Å². The third kappa shape index (κ3) is 7.26. The van der Waals surface area contributed by atoms with Gasteiger partial charge in [-0.05, 0) is 58.9 Å². The molecule has 1 rings (SSSR count). The van der Waals surface area contributed by atoms with E-state index in [2.05, 4.69) is 31.0 Å². The van der Waals surface area contributed by atoms with Gasteiger partial charge in [0.1, 0.15) is 0 Å². The molecule has 1 aromatic carbocycles. The van der Waals surface area contributed by atoms with Crippen LogP contribution in [0.2, 0.25) is 0 Å². The van der Waals surface area contributed by atoms with Crippen molar-refractivity contribution >= 4 is 11.8 Å². The molecule has 0 aliphatic carbocycles. The smallest absolute Gasteiger partial charge is 0.254 e. The highest BCUT2D eigenvalue weighted by Gasteiger charge is 2.18. The molecule has 5 heteroatoms. The van der Waals surface area contributed by atoms with Crippen molar-refractivity contribution < 1.29 is 9.59 Å². The van der Waals surface area contributed by atoms with Crippen LogP contribution >= 0.6 is 0 Å². The van der Waals surface area contributed by atoms with Gasteiger partial charge in [0.2, 0.25) is 5.91 Å². The molecule has 0 bridgehead atoms. The van der Waals surface area contributed by atoms with Crippen molar-refractivity contribution in [3.8, 4) is 0 Å². The number of hydrogen-bond donors (Lipinski definition) is 1. The molecule has 0 heterocycles. The first-order valence-corrected chi connectivity index (χ1v) is 8.93. The lowest BCUT2D eigenvalue weighted by molar-refractivity contribution is -0.122. The van der Waals surface area contributed by atoms with Gasteiger partial charge in [-0.3, -0.25) is 14.5 Å². The van der Waals surface area contributed by atoms with Gasteiger partial charge in [0.25, 0.3) is 5.91 Å². The van der Waals surface area contributed by atoms with Gasteiger partial charge in [0.15, 0.2) is 0 Å². The molecule has 25 heavy (non-hydrogen) atoms. The second-order valence-electron chi connectivity index (χ2n) is 7.81. The average Bonchev–Trinajstić information content (AvgIpc) is 2.50. The van der Waals surface area contributed by atoms with E-state index in [-0.39, 0.29) is 23.9 Å². The van der Waals surface area contributed by atoms with E-state index in [1.165, 1.54) is 10.5 Å². The van der Waals surface area contributed by atoms with E-state index in [4.69, 9.17) is 0 Å². The lowest BCUT2D eigenvalue weighted by Crippen LogP contribution is -2.46. The Morgan fingerprint density at radius 1 is 1.12 bits per heavy atom. The van der Waals surface area contributed by atoms with Crippen molar-refractivity contribution in [3.05, 3.63) is 35.4 Å². The lowest BCUT2D eigenvalue weighted by atomic mass is 10.1. The van der Waals surface area contributed by atoms with Gasteiger partial charge in [-0.25, -0.2) is 0 Å². The summed E-state index contributed by atoms with van der Waals surface area (Å²) in [5.74, 6) is -0.303. The summed E-state index contributed by atoms with van der Waals surface area (Å²) in [5, 5.41) is 2.87. The van der Waals surface area contributed by atoms with Crippen molar-refractivity contribution in [2.45, 2.75) is 59.7 Å². The number of nitrogens with one attached hydrogen (secondary N) is 1. The Morgan fingerprint density at radius 3 is 2.12 bits per heavy atom. The first kappa shape index (κ1) is 21.2. The second kappa shape index (κ2) is 8.99. The van der Waals surface area contributed by atoms with Gasteiger partial charge in [-0.2, -0.15) is 0 Å². The topological polar surface area (TPSA) is 52.7 Å². The summed E-state index contributed by atoms with van der Waals surface area (Å²) in [7, 11) is 1.65. The summed E-state index contributed by atoms with van der Waals surface area (Å²) in [6.45, 7) is 14.2. The van der Waals surface area contributed by atoms with E-state index in [1.54, 1.807) is 7.05 Å². The summed E-state index contributed by atoms with van der Waals surface area (Å²) < 4.78 is 0. The highest BCUT2D eigenvalue weighted by molar-refractivity contribution is 5.96. The summed E-state index contributed by atoms with van der Waals surface area (Å²) in [6.07, 6.45) is 0. The summed E-state index contributed by atoms with van der Waals surface area (Å²) >= 11 is 0. The van der Waals surface area contributed by atoms with Crippen LogP contribution in [0.3, 0.4) is 0 Å². The highest BCUT2D eigenvalue weighted by Crippen LogP contribution is 2.11. The van der Waals surface area contributed by atoms with Gasteiger partial charge < -0.3 is 10.2 Å². The van der Waals surface area contributed by atoms with Crippen LogP contribution in [0.15, 0.2) is 24.3 Å². The molecule has 1 N–H and O–H groups in total. The normalized spacial score (nSPS) is 11.7. The lowest BCUT2D eigenvalue weighted by Gasteiger charge is -2.25. The highest BCUT2D eigenvalue weighted by atomic mass is 16.2. The van der Waals surface area contributed by atoms with Crippen LogP contribution in [0.4, 0.5) is 0 Å². The van der Waals surface area contributed by atoms with Crippen LogP contribution in [-0.4, -0.2) is 53.3 Å². The maximum Gasteiger partial charge on any atom is 0.254 e. The number of carbonyl (C=O) groups excluding carboxylic acids is 2. The molecule has 5 nitrogen and oxygen atoms in total. The second-order valence-corrected chi connectivity index (χ2v) is 7.81. The molecule has 0 aromatic heterocycles. The molecule has 0 atom stereocenters. The van der Waals surface area contributed by atoms with Gasteiger partial charge in [0.05, 0.1) is 6.54 Å². The minimum absolute atomic E-state index is 0.0504. The number of rotatable bonds is 7. The fraction of sp³-hybridized carbons (Fsp3) is 0.600. The van der Waals surface area contributed by atoms with Crippen LogP contribution < -0.4 is 5.32 Å². The Kier molecular flexibility index (Phi) is 7.61. The SMILES string of the molecule is CCN(Cc1ccc(C(=O)N(C)CC(=O)NC(C)(C)C)cc1)C(C)C. The van der Waals surface area contributed by atoms with E-state index in [0.29, 0.717) is 11.6 Å². The van der Waals surface area contributed by atoms with Gasteiger partial charge in [-0.1, -0.05) is 19.1 Å². The van der Waals surface area contributed by atoms with Crippen LogP contribution in [0.5, 0.6) is 0 Å². The monoisotopic (exact) mass is 347 g/mol. The number of amides is 2. The van der Waals surface area contributed by atoms with Crippen molar-refractivity contribution in [3.63, 3.8) is 0 Å². The van der Waals surface area contributed by atoms with Crippen LogP contribution in [0, 0.1) is 0 Å². The number of hydrogen-bond acceptors (Lipinski definition) is 3. The first-order valence-electron chi connectivity index (χ1n) is 8.93. The maximum atomic E-state index is 12.5. The molecule has 0 fully saturated rings. The Morgan fingerprint density at radius 2 is 1.68 bits per heavy atom. The fourth-order valence-corrected chi connectivity index (χ4v) is 2.61. The molecule has 0 radical (unpaired) electrons. The van der Waals surface area contributed by atoms with Gasteiger partial charge in [-0.15, -0.1) is 0 Å². The predicted octanol–water partition coefficient (Wildman–Crippen LogP) is 2.90. The van der Waals surface area contributed by atoms with Crippen LogP contribution in [0.25, 0.3) is 0 Å². The van der Waals surface area contributed by atoms with Crippen LogP contribution in [-0.2, 0) is 11.3 Å². The molecule has 0 aliphatic rings. The largest absolute Gasteiger partial charge is 0.350 e. The molecule has 0 saturated carbocycles. The average molecular weight is 348 g/mol. The molecule has 0 spiro atoms. The van der Waals surface area contributed by atoms with E-state index in [9.17, 15) is 9.59 Å². The summed E-state index contributed by atoms with van der Waals surface area (Å²) in [6, 6.07) is 8.13.